The molecule has 2 saturated heterocycles. The molecule has 1 saturated carbocycles. The third-order valence-corrected chi connectivity index (χ3v) is 7.48. The number of carbonyl (C=O) groups is 4. The standard InChI is InChI=1S/C24H30ClN3O5/c1-33-24(32)21(18-8-4-5-9-19(18)25)27-14-12-26(13-15-27)20(29)10-11-28-22(30)16-6-2-3-7-17(16)23(28)31/h4-5,8-9,16-17,21H,2-3,6-7,10-15H2,1H3. The Hall–Kier alpha value is -2.45. The van der Waals surface area contributed by atoms with Crippen LogP contribution in [-0.2, 0) is 23.9 Å². The smallest absolute Gasteiger partial charge is 0.327 e. The molecule has 2 aliphatic heterocycles. The van der Waals surface area contributed by atoms with Crippen LogP contribution >= 0.6 is 11.6 Å². The van der Waals surface area contributed by atoms with Gasteiger partial charge in [0.1, 0.15) is 6.04 Å². The monoisotopic (exact) mass is 475 g/mol. The molecule has 1 aromatic carbocycles. The highest BCUT2D eigenvalue weighted by atomic mass is 35.5. The summed E-state index contributed by atoms with van der Waals surface area (Å²) < 4.78 is 5.02. The number of hydrogen-bond donors (Lipinski definition) is 0. The molecule has 8 nitrogen and oxygen atoms in total. The molecule has 3 amide bonds. The molecule has 2 heterocycles. The first kappa shape index (κ1) is 23.7. The molecule has 3 unspecified atom stereocenters. The summed E-state index contributed by atoms with van der Waals surface area (Å²) in [7, 11) is 1.35. The molecule has 0 bridgehead atoms. The summed E-state index contributed by atoms with van der Waals surface area (Å²) >= 11 is 6.33. The number of nitrogens with zero attached hydrogens (tertiary/aromatic N) is 3. The van der Waals surface area contributed by atoms with Gasteiger partial charge >= 0.3 is 5.97 Å². The second-order valence-corrected chi connectivity index (χ2v) is 9.35. The number of fused-ring (bicyclic) bond motifs is 1. The van der Waals surface area contributed by atoms with Crippen LogP contribution < -0.4 is 0 Å². The maximum atomic E-state index is 12.8. The second-order valence-electron chi connectivity index (χ2n) is 8.94. The number of imide groups is 1. The highest BCUT2D eigenvalue weighted by molar-refractivity contribution is 6.31. The van der Waals surface area contributed by atoms with Crippen LogP contribution in [-0.4, -0.2) is 78.2 Å². The number of halogens is 1. The zero-order valence-electron chi connectivity index (χ0n) is 18.9. The lowest BCUT2D eigenvalue weighted by Crippen LogP contribution is -2.51. The molecule has 3 fully saturated rings. The summed E-state index contributed by atoms with van der Waals surface area (Å²) in [6.45, 7) is 2.02. The van der Waals surface area contributed by atoms with Gasteiger partial charge in [0, 0.05) is 44.2 Å². The highest BCUT2D eigenvalue weighted by Crippen LogP contribution is 2.38. The number of carbonyl (C=O) groups excluding carboxylic acids is 4. The van der Waals surface area contributed by atoms with Gasteiger partial charge in [0.25, 0.3) is 0 Å². The molecule has 3 aliphatic rings. The predicted octanol–water partition coefficient (Wildman–Crippen LogP) is 2.26. The zero-order valence-corrected chi connectivity index (χ0v) is 19.6. The fourth-order valence-corrected chi connectivity index (χ4v) is 5.57. The Labute approximate surface area is 198 Å². The minimum atomic E-state index is -0.635. The summed E-state index contributed by atoms with van der Waals surface area (Å²) in [5.41, 5.74) is 0.679. The number of piperazine rings is 1. The number of amides is 3. The first-order valence-electron chi connectivity index (χ1n) is 11.6. The van der Waals surface area contributed by atoms with Gasteiger partial charge in [0.15, 0.2) is 0 Å². The van der Waals surface area contributed by atoms with Crippen LogP contribution in [0.1, 0.15) is 43.7 Å². The fraction of sp³-hybridized carbons (Fsp3) is 0.583. The van der Waals surface area contributed by atoms with Crippen molar-refractivity contribution in [1.29, 1.82) is 0 Å². The van der Waals surface area contributed by atoms with Crippen LogP contribution in [0.3, 0.4) is 0 Å². The normalized spacial score (nSPS) is 24.5. The van der Waals surface area contributed by atoms with E-state index in [-0.39, 0.29) is 42.5 Å². The Bertz CT molecular complexity index is 906. The van der Waals surface area contributed by atoms with E-state index in [1.54, 1.807) is 11.0 Å². The topological polar surface area (TPSA) is 87.2 Å². The summed E-state index contributed by atoms with van der Waals surface area (Å²) in [5.74, 6) is -1.08. The number of rotatable bonds is 6. The van der Waals surface area contributed by atoms with Crippen molar-refractivity contribution in [2.24, 2.45) is 11.8 Å². The number of hydrogen-bond acceptors (Lipinski definition) is 6. The number of ether oxygens (including phenoxy) is 1. The van der Waals surface area contributed by atoms with Gasteiger partial charge in [-0.1, -0.05) is 42.6 Å². The Morgan fingerprint density at radius 1 is 1.03 bits per heavy atom. The molecule has 1 aromatic rings. The van der Waals surface area contributed by atoms with E-state index in [2.05, 4.69) is 0 Å². The minimum absolute atomic E-state index is 0.0857. The molecule has 0 aromatic heterocycles. The molecule has 0 spiro atoms. The summed E-state index contributed by atoms with van der Waals surface area (Å²) in [5, 5.41) is 0.493. The van der Waals surface area contributed by atoms with Crippen molar-refractivity contribution in [3.8, 4) is 0 Å². The van der Waals surface area contributed by atoms with E-state index in [1.807, 2.05) is 23.1 Å². The van der Waals surface area contributed by atoms with Crippen molar-refractivity contribution in [3.05, 3.63) is 34.9 Å². The van der Waals surface area contributed by atoms with Gasteiger partial charge in [-0.25, -0.2) is 4.79 Å². The van der Waals surface area contributed by atoms with E-state index in [4.69, 9.17) is 16.3 Å². The van der Waals surface area contributed by atoms with Crippen molar-refractivity contribution in [2.45, 2.75) is 38.1 Å². The first-order valence-corrected chi connectivity index (χ1v) is 12.0. The van der Waals surface area contributed by atoms with E-state index in [1.165, 1.54) is 12.0 Å². The maximum absolute atomic E-state index is 12.8. The zero-order chi connectivity index (χ0) is 23.5. The molecule has 9 heteroatoms. The van der Waals surface area contributed by atoms with E-state index < -0.39 is 12.0 Å². The molecule has 1 aliphatic carbocycles. The summed E-state index contributed by atoms with van der Waals surface area (Å²) in [6.07, 6.45) is 3.64. The summed E-state index contributed by atoms with van der Waals surface area (Å²) in [6, 6.07) is 6.55. The number of methoxy groups -OCH3 is 1. The van der Waals surface area contributed by atoms with E-state index in [9.17, 15) is 19.2 Å². The molecule has 3 atom stereocenters. The van der Waals surface area contributed by atoms with Gasteiger partial charge in [-0.3, -0.25) is 24.2 Å². The van der Waals surface area contributed by atoms with Crippen LogP contribution in [0.2, 0.25) is 5.02 Å². The van der Waals surface area contributed by atoms with Crippen molar-refractivity contribution in [3.63, 3.8) is 0 Å². The van der Waals surface area contributed by atoms with Gasteiger partial charge in [-0.2, -0.15) is 0 Å². The lowest BCUT2D eigenvalue weighted by atomic mass is 9.81. The van der Waals surface area contributed by atoms with Gasteiger partial charge in [-0.05, 0) is 24.5 Å². The number of benzene rings is 1. The number of esters is 1. The van der Waals surface area contributed by atoms with Crippen LogP contribution in [0.25, 0.3) is 0 Å². The predicted molar refractivity (Wildman–Crippen MR) is 121 cm³/mol. The maximum Gasteiger partial charge on any atom is 0.327 e. The largest absolute Gasteiger partial charge is 0.468 e. The van der Waals surface area contributed by atoms with Crippen molar-refractivity contribution < 1.29 is 23.9 Å². The lowest BCUT2D eigenvalue weighted by molar-refractivity contribution is -0.148. The van der Waals surface area contributed by atoms with Crippen molar-refractivity contribution in [1.82, 2.24) is 14.7 Å². The van der Waals surface area contributed by atoms with Gasteiger partial charge in [0.2, 0.25) is 17.7 Å². The average molecular weight is 476 g/mol. The molecule has 4 rings (SSSR count). The second kappa shape index (κ2) is 10.2. The van der Waals surface area contributed by atoms with Crippen molar-refractivity contribution in [2.75, 3.05) is 39.8 Å². The Kier molecular flexibility index (Phi) is 7.34. The van der Waals surface area contributed by atoms with Gasteiger partial charge in [-0.15, -0.1) is 0 Å². The van der Waals surface area contributed by atoms with E-state index in [0.29, 0.717) is 36.8 Å². The average Bonchev–Trinajstić information content (AvgIpc) is 3.08. The molecular formula is C24H30ClN3O5. The minimum Gasteiger partial charge on any atom is -0.468 e. The van der Waals surface area contributed by atoms with Crippen molar-refractivity contribution >= 4 is 35.3 Å². The van der Waals surface area contributed by atoms with Crippen LogP contribution in [0.4, 0.5) is 0 Å². The third kappa shape index (κ3) is 4.77. The molecular weight excluding hydrogens is 446 g/mol. The Morgan fingerprint density at radius 3 is 2.21 bits per heavy atom. The third-order valence-electron chi connectivity index (χ3n) is 7.14. The molecule has 0 N–H and O–H groups in total. The molecule has 178 valence electrons. The molecule has 33 heavy (non-hydrogen) atoms. The van der Waals surface area contributed by atoms with Crippen LogP contribution in [0.15, 0.2) is 24.3 Å². The highest BCUT2D eigenvalue weighted by Gasteiger charge is 2.48. The number of likely N-dealkylation sites (tertiary alicyclic amines) is 1. The first-order chi connectivity index (χ1) is 15.9. The van der Waals surface area contributed by atoms with E-state index >= 15 is 0 Å². The Balaban J connectivity index is 1.33. The Morgan fingerprint density at radius 2 is 1.64 bits per heavy atom. The fourth-order valence-electron chi connectivity index (χ4n) is 5.33. The van der Waals surface area contributed by atoms with Gasteiger partial charge in [0.05, 0.1) is 18.9 Å². The quantitative estimate of drug-likeness (QED) is 0.463. The van der Waals surface area contributed by atoms with Crippen LogP contribution in [0, 0.1) is 11.8 Å². The van der Waals surface area contributed by atoms with E-state index in [0.717, 1.165) is 25.7 Å². The van der Waals surface area contributed by atoms with Crippen LogP contribution in [0.5, 0.6) is 0 Å². The van der Waals surface area contributed by atoms with Gasteiger partial charge < -0.3 is 9.64 Å². The summed E-state index contributed by atoms with van der Waals surface area (Å²) in [4.78, 5) is 55.6. The lowest BCUT2D eigenvalue weighted by Gasteiger charge is -2.38. The SMILES string of the molecule is COC(=O)C(c1ccccc1Cl)N1CCN(C(=O)CCN2C(=O)C3CCCCC3C2=O)CC1. The molecule has 0 radical (unpaired) electrons.